The Kier molecular flexibility index (Phi) is 6.49. The Morgan fingerprint density at radius 3 is 2.52 bits per heavy atom. The molecule has 31 heavy (non-hydrogen) atoms. The number of ether oxygens (including phenoxy) is 1. The van der Waals surface area contributed by atoms with Gasteiger partial charge in [0.2, 0.25) is 0 Å². The molecule has 0 unspecified atom stereocenters. The average Bonchev–Trinajstić information content (AvgIpc) is 2.76. The largest absolute Gasteiger partial charge is 0.452 e. The molecule has 8 heteroatoms. The topological polar surface area (TPSA) is 102 Å². The third-order valence-corrected chi connectivity index (χ3v) is 4.89. The zero-order valence-electron chi connectivity index (χ0n) is 17.5. The molecule has 0 fully saturated rings. The van der Waals surface area contributed by atoms with Gasteiger partial charge < -0.3 is 15.0 Å². The second kappa shape index (κ2) is 9.25. The van der Waals surface area contributed by atoms with Crippen LogP contribution in [0.1, 0.15) is 28.9 Å². The number of rotatable bonds is 7. The first-order valence-corrected chi connectivity index (χ1v) is 9.68. The summed E-state index contributed by atoms with van der Waals surface area (Å²) in [6.45, 7) is 1.36. The van der Waals surface area contributed by atoms with Crippen LogP contribution < -0.4 is 10.2 Å². The van der Waals surface area contributed by atoms with Gasteiger partial charge in [-0.05, 0) is 29.3 Å². The number of nitro benzene ring substituents is 1. The number of amides is 1. The van der Waals surface area contributed by atoms with Gasteiger partial charge >= 0.3 is 5.97 Å². The zero-order chi connectivity index (χ0) is 22.5. The number of hydrogen-bond donors (Lipinski definition) is 1. The van der Waals surface area contributed by atoms with Crippen molar-refractivity contribution in [3.63, 3.8) is 0 Å². The van der Waals surface area contributed by atoms with E-state index in [9.17, 15) is 19.7 Å². The summed E-state index contributed by atoms with van der Waals surface area (Å²) in [4.78, 5) is 37.0. The van der Waals surface area contributed by atoms with Gasteiger partial charge in [0.1, 0.15) is 0 Å². The molecule has 0 aliphatic heterocycles. The Hall–Kier alpha value is -3.94. The molecule has 160 valence electrons. The van der Waals surface area contributed by atoms with Gasteiger partial charge in [-0.2, -0.15) is 0 Å². The molecule has 0 aliphatic carbocycles. The van der Waals surface area contributed by atoms with Gasteiger partial charge in [0.15, 0.2) is 6.61 Å². The van der Waals surface area contributed by atoms with Crippen LogP contribution in [0.25, 0.3) is 10.8 Å². The Morgan fingerprint density at radius 1 is 1.10 bits per heavy atom. The van der Waals surface area contributed by atoms with E-state index in [0.29, 0.717) is 5.69 Å². The van der Waals surface area contributed by atoms with Crippen molar-refractivity contribution < 1.29 is 19.2 Å². The molecule has 8 nitrogen and oxygen atoms in total. The fourth-order valence-electron chi connectivity index (χ4n) is 3.39. The summed E-state index contributed by atoms with van der Waals surface area (Å²) in [6.07, 6.45) is 0. The molecule has 3 aromatic rings. The molecule has 1 atom stereocenters. The highest BCUT2D eigenvalue weighted by molar-refractivity contribution is 5.97. The summed E-state index contributed by atoms with van der Waals surface area (Å²) < 4.78 is 5.14. The molecule has 0 aromatic heterocycles. The molecule has 1 N–H and O–H groups in total. The highest BCUT2D eigenvalue weighted by Gasteiger charge is 2.21. The third-order valence-electron chi connectivity index (χ3n) is 4.89. The minimum absolute atomic E-state index is 0.0223. The molecule has 0 heterocycles. The summed E-state index contributed by atoms with van der Waals surface area (Å²) >= 11 is 0. The lowest BCUT2D eigenvalue weighted by Crippen LogP contribution is -2.31. The second-order valence-corrected chi connectivity index (χ2v) is 7.29. The zero-order valence-corrected chi connectivity index (χ0v) is 17.5. The van der Waals surface area contributed by atoms with E-state index in [1.807, 2.05) is 49.4 Å². The van der Waals surface area contributed by atoms with Crippen molar-refractivity contribution >= 4 is 34.0 Å². The van der Waals surface area contributed by atoms with Crippen LogP contribution in [0, 0.1) is 10.1 Å². The maximum Gasteiger partial charge on any atom is 0.341 e. The van der Waals surface area contributed by atoms with Gasteiger partial charge in [-0.1, -0.05) is 42.5 Å². The van der Waals surface area contributed by atoms with Crippen LogP contribution in [0.3, 0.4) is 0 Å². The van der Waals surface area contributed by atoms with E-state index >= 15 is 0 Å². The first-order chi connectivity index (χ1) is 14.8. The Morgan fingerprint density at radius 2 is 1.81 bits per heavy atom. The molecule has 1 amide bonds. The Balaban J connectivity index is 1.69. The molecule has 3 aromatic carbocycles. The Labute approximate surface area is 179 Å². The fraction of sp³-hybridized carbons (Fsp3) is 0.217. The van der Waals surface area contributed by atoms with Crippen LogP contribution in [-0.2, 0) is 9.53 Å². The quantitative estimate of drug-likeness (QED) is 0.353. The number of carbonyl (C=O) groups is 2. The highest BCUT2D eigenvalue weighted by Crippen LogP contribution is 2.26. The van der Waals surface area contributed by atoms with Crippen molar-refractivity contribution in [1.82, 2.24) is 5.32 Å². The fourth-order valence-corrected chi connectivity index (χ4v) is 3.39. The maximum atomic E-state index is 12.5. The summed E-state index contributed by atoms with van der Waals surface area (Å²) in [5, 5.41) is 16.0. The number of benzene rings is 3. The van der Waals surface area contributed by atoms with E-state index < -0.39 is 23.4 Å². The van der Waals surface area contributed by atoms with E-state index in [0.717, 1.165) is 22.4 Å². The number of fused-ring (bicyclic) bond motifs is 1. The Bertz CT molecular complexity index is 1140. The molecule has 0 saturated heterocycles. The van der Waals surface area contributed by atoms with Gasteiger partial charge in [0.25, 0.3) is 11.6 Å². The van der Waals surface area contributed by atoms with E-state index in [1.165, 1.54) is 12.1 Å². The maximum absolute atomic E-state index is 12.5. The number of nitro groups is 1. The minimum Gasteiger partial charge on any atom is -0.452 e. The molecule has 0 aliphatic rings. The van der Waals surface area contributed by atoms with Gasteiger partial charge in [-0.15, -0.1) is 0 Å². The molecule has 0 spiro atoms. The molecule has 3 rings (SSSR count). The highest BCUT2D eigenvalue weighted by atomic mass is 16.6. The van der Waals surface area contributed by atoms with Crippen molar-refractivity contribution in [3.8, 4) is 0 Å². The van der Waals surface area contributed by atoms with Crippen LogP contribution in [0.2, 0.25) is 0 Å². The minimum atomic E-state index is -0.805. The second-order valence-electron chi connectivity index (χ2n) is 7.29. The predicted octanol–water partition coefficient (Wildman–Crippen LogP) is 3.85. The number of hydrogen-bond acceptors (Lipinski definition) is 6. The molecule has 0 bridgehead atoms. The van der Waals surface area contributed by atoms with E-state index in [-0.39, 0.29) is 17.3 Å². The van der Waals surface area contributed by atoms with Crippen LogP contribution in [-0.4, -0.2) is 37.5 Å². The lowest BCUT2D eigenvalue weighted by Gasteiger charge is -2.18. The normalized spacial score (nSPS) is 11.6. The molecule has 0 radical (unpaired) electrons. The van der Waals surface area contributed by atoms with E-state index in [1.54, 1.807) is 19.0 Å². The summed E-state index contributed by atoms with van der Waals surface area (Å²) in [5.41, 5.74) is 1.20. The average molecular weight is 421 g/mol. The van der Waals surface area contributed by atoms with Gasteiger partial charge in [0.05, 0.1) is 22.2 Å². The number of non-ortho nitro benzene ring substituents is 1. The third kappa shape index (κ3) is 4.98. The number of carbonyl (C=O) groups excluding carboxylic acids is 2. The SMILES string of the molecule is C[C@@H](NC(=O)COC(=O)c1cc([N+](=O)[O-])ccc1N(C)C)c1cccc2ccccc12. The first kappa shape index (κ1) is 21.8. The predicted molar refractivity (Wildman–Crippen MR) is 118 cm³/mol. The first-order valence-electron chi connectivity index (χ1n) is 9.68. The van der Waals surface area contributed by atoms with E-state index in [4.69, 9.17) is 4.74 Å². The standard InChI is InChI=1S/C23H23N3O5/c1-15(18-10-6-8-16-7-4-5-9-19(16)18)24-22(27)14-31-23(28)20-13-17(26(29)30)11-12-21(20)25(2)3/h4-13,15H,14H2,1-3H3,(H,24,27)/t15-/m1/s1. The van der Waals surface area contributed by atoms with Crippen molar-refractivity contribution in [1.29, 1.82) is 0 Å². The molecule has 0 saturated carbocycles. The molecular formula is C23H23N3O5. The van der Waals surface area contributed by atoms with Crippen molar-refractivity contribution in [2.75, 3.05) is 25.6 Å². The van der Waals surface area contributed by atoms with Crippen LogP contribution in [0.4, 0.5) is 11.4 Å². The van der Waals surface area contributed by atoms with Crippen LogP contribution in [0.15, 0.2) is 60.7 Å². The number of nitrogens with one attached hydrogen (secondary N) is 1. The summed E-state index contributed by atoms with van der Waals surface area (Å²) in [6, 6.07) is 17.3. The van der Waals surface area contributed by atoms with Gasteiger partial charge in [-0.25, -0.2) is 4.79 Å². The summed E-state index contributed by atoms with van der Waals surface area (Å²) in [7, 11) is 3.41. The van der Waals surface area contributed by atoms with Crippen LogP contribution >= 0.6 is 0 Å². The number of esters is 1. The lowest BCUT2D eigenvalue weighted by molar-refractivity contribution is -0.384. The summed E-state index contributed by atoms with van der Waals surface area (Å²) in [5.74, 6) is -1.27. The van der Waals surface area contributed by atoms with Crippen molar-refractivity contribution in [3.05, 3.63) is 81.9 Å². The van der Waals surface area contributed by atoms with Crippen LogP contribution in [0.5, 0.6) is 0 Å². The van der Waals surface area contributed by atoms with Crippen molar-refractivity contribution in [2.45, 2.75) is 13.0 Å². The van der Waals surface area contributed by atoms with Gasteiger partial charge in [-0.3, -0.25) is 14.9 Å². The monoisotopic (exact) mass is 421 g/mol. The van der Waals surface area contributed by atoms with E-state index in [2.05, 4.69) is 5.32 Å². The lowest BCUT2D eigenvalue weighted by atomic mass is 10.00. The smallest absolute Gasteiger partial charge is 0.341 e. The number of nitrogens with zero attached hydrogens (tertiary/aromatic N) is 2. The molecular weight excluding hydrogens is 398 g/mol. The van der Waals surface area contributed by atoms with Gasteiger partial charge in [0, 0.05) is 26.2 Å². The number of anilines is 1. The van der Waals surface area contributed by atoms with Crippen molar-refractivity contribution in [2.24, 2.45) is 0 Å².